The number of imidazole rings is 1. The lowest BCUT2D eigenvalue weighted by Gasteiger charge is -2.09. The summed E-state index contributed by atoms with van der Waals surface area (Å²) in [6.07, 6.45) is -1.88. The molecular formula is C19H18F3N3O3. The van der Waals surface area contributed by atoms with Crippen LogP contribution in [0.25, 0.3) is 5.65 Å². The van der Waals surface area contributed by atoms with E-state index in [1.807, 2.05) is 0 Å². The summed E-state index contributed by atoms with van der Waals surface area (Å²) in [4.78, 5) is 16.4. The van der Waals surface area contributed by atoms with Gasteiger partial charge in [-0.25, -0.2) is 4.98 Å². The van der Waals surface area contributed by atoms with E-state index >= 15 is 0 Å². The summed E-state index contributed by atoms with van der Waals surface area (Å²) in [6, 6.07) is 7.44. The van der Waals surface area contributed by atoms with Gasteiger partial charge in [-0.1, -0.05) is 6.07 Å². The number of nitrogens with zero attached hydrogens (tertiary/aromatic N) is 2. The van der Waals surface area contributed by atoms with Gasteiger partial charge in [0.2, 0.25) is 5.91 Å². The van der Waals surface area contributed by atoms with Crippen LogP contribution in [-0.4, -0.2) is 29.5 Å². The molecule has 0 aliphatic carbocycles. The summed E-state index contributed by atoms with van der Waals surface area (Å²) in [6.45, 7) is 0.106. The maximum atomic E-state index is 12.8. The molecule has 148 valence electrons. The molecule has 28 heavy (non-hydrogen) atoms. The Bertz CT molecular complexity index is 999. The molecule has 2 aromatic heterocycles. The van der Waals surface area contributed by atoms with Crippen LogP contribution in [0.3, 0.4) is 0 Å². The van der Waals surface area contributed by atoms with E-state index < -0.39 is 11.7 Å². The number of amides is 1. The Morgan fingerprint density at radius 3 is 2.54 bits per heavy atom. The number of hydrogen-bond donors (Lipinski definition) is 1. The molecule has 0 spiro atoms. The number of pyridine rings is 1. The second-order valence-electron chi connectivity index (χ2n) is 6.06. The molecular weight excluding hydrogens is 375 g/mol. The molecule has 1 amide bonds. The van der Waals surface area contributed by atoms with Gasteiger partial charge in [-0.2, -0.15) is 13.2 Å². The molecule has 6 nitrogen and oxygen atoms in total. The number of carbonyl (C=O) groups excluding carboxylic acids is 1. The van der Waals surface area contributed by atoms with Crippen molar-refractivity contribution < 1.29 is 27.4 Å². The summed E-state index contributed by atoms with van der Waals surface area (Å²) in [5, 5.41) is 2.71. The number of ether oxygens (including phenoxy) is 2. The molecule has 0 radical (unpaired) electrons. The zero-order valence-electron chi connectivity index (χ0n) is 15.2. The summed E-state index contributed by atoms with van der Waals surface area (Å²) >= 11 is 0. The van der Waals surface area contributed by atoms with Gasteiger partial charge in [0.15, 0.2) is 11.5 Å². The van der Waals surface area contributed by atoms with Crippen LogP contribution in [-0.2, 0) is 23.9 Å². The Kier molecular flexibility index (Phi) is 5.43. The van der Waals surface area contributed by atoms with Crippen LogP contribution < -0.4 is 14.8 Å². The summed E-state index contributed by atoms with van der Waals surface area (Å²) in [5.74, 6) is 0.837. The van der Waals surface area contributed by atoms with Crippen LogP contribution in [0.5, 0.6) is 11.5 Å². The van der Waals surface area contributed by atoms with E-state index in [1.165, 1.54) is 30.9 Å². The maximum Gasteiger partial charge on any atom is 0.417 e. The molecule has 0 saturated carbocycles. The van der Waals surface area contributed by atoms with Gasteiger partial charge in [-0.15, -0.1) is 0 Å². The van der Waals surface area contributed by atoms with Gasteiger partial charge in [-0.3, -0.25) is 4.79 Å². The van der Waals surface area contributed by atoms with Gasteiger partial charge >= 0.3 is 6.18 Å². The van der Waals surface area contributed by atoms with Gasteiger partial charge in [0.25, 0.3) is 0 Å². The number of halogens is 3. The molecule has 0 bridgehead atoms. The highest BCUT2D eigenvalue weighted by Crippen LogP contribution is 2.29. The number of hydrogen-bond acceptors (Lipinski definition) is 4. The second-order valence-corrected chi connectivity index (χ2v) is 6.06. The smallest absolute Gasteiger partial charge is 0.417 e. The standard InChI is InChI=1S/C19H18F3N3O3/c1-27-15-5-3-12(7-16(15)28-2)8-18(26)23-9-14-11-25-10-13(19(20,21)22)4-6-17(25)24-14/h3-7,10-11H,8-9H2,1-2H3,(H,23,26). The minimum Gasteiger partial charge on any atom is -0.493 e. The van der Waals surface area contributed by atoms with Crippen LogP contribution in [0.1, 0.15) is 16.8 Å². The molecule has 0 atom stereocenters. The zero-order valence-corrected chi connectivity index (χ0v) is 15.2. The number of carbonyl (C=O) groups is 1. The fourth-order valence-electron chi connectivity index (χ4n) is 2.72. The molecule has 1 aromatic carbocycles. The fraction of sp³-hybridized carbons (Fsp3) is 0.263. The quantitative estimate of drug-likeness (QED) is 0.699. The van der Waals surface area contributed by atoms with Gasteiger partial charge in [-0.05, 0) is 29.8 Å². The maximum absolute atomic E-state index is 12.8. The normalized spacial score (nSPS) is 11.5. The highest BCUT2D eigenvalue weighted by molar-refractivity contribution is 5.78. The van der Waals surface area contributed by atoms with E-state index in [2.05, 4.69) is 10.3 Å². The molecule has 0 aliphatic heterocycles. The molecule has 0 fully saturated rings. The van der Waals surface area contributed by atoms with Gasteiger partial charge < -0.3 is 19.2 Å². The molecule has 9 heteroatoms. The van der Waals surface area contributed by atoms with Crippen molar-refractivity contribution in [1.29, 1.82) is 0 Å². The first-order valence-corrected chi connectivity index (χ1v) is 8.32. The third-order valence-electron chi connectivity index (χ3n) is 4.11. The van der Waals surface area contributed by atoms with Crippen molar-refractivity contribution in [2.45, 2.75) is 19.1 Å². The van der Waals surface area contributed by atoms with Gasteiger partial charge in [0.1, 0.15) is 5.65 Å². The molecule has 3 rings (SSSR count). The Labute approximate surface area is 158 Å². The molecule has 2 heterocycles. The molecule has 1 N–H and O–H groups in total. The van der Waals surface area contributed by atoms with Crippen LogP contribution in [0.4, 0.5) is 13.2 Å². The largest absolute Gasteiger partial charge is 0.493 e. The number of alkyl halides is 3. The van der Waals surface area contributed by atoms with Crippen LogP contribution in [0, 0.1) is 0 Å². The van der Waals surface area contributed by atoms with Crippen molar-refractivity contribution in [2.24, 2.45) is 0 Å². The van der Waals surface area contributed by atoms with Crippen molar-refractivity contribution in [3.05, 3.63) is 59.5 Å². The Morgan fingerprint density at radius 1 is 1.11 bits per heavy atom. The Morgan fingerprint density at radius 2 is 1.86 bits per heavy atom. The first-order valence-electron chi connectivity index (χ1n) is 8.32. The lowest BCUT2D eigenvalue weighted by atomic mass is 10.1. The van der Waals surface area contributed by atoms with Crippen LogP contribution in [0.15, 0.2) is 42.7 Å². The molecule has 0 saturated heterocycles. The fourth-order valence-corrected chi connectivity index (χ4v) is 2.72. The zero-order chi connectivity index (χ0) is 20.3. The number of nitrogens with one attached hydrogen (secondary N) is 1. The summed E-state index contributed by atoms with van der Waals surface area (Å²) in [7, 11) is 3.03. The van der Waals surface area contributed by atoms with Crippen molar-refractivity contribution in [3.63, 3.8) is 0 Å². The average molecular weight is 393 g/mol. The number of fused-ring (bicyclic) bond motifs is 1. The molecule has 0 unspecified atom stereocenters. The first kappa shape index (κ1) is 19.5. The average Bonchev–Trinajstić information content (AvgIpc) is 3.07. The van der Waals surface area contributed by atoms with E-state index in [4.69, 9.17) is 9.47 Å². The van der Waals surface area contributed by atoms with Crippen LogP contribution >= 0.6 is 0 Å². The van der Waals surface area contributed by atoms with Gasteiger partial charge in [0.05, 0.1) is 38.4 Å². The molecule has 0 aliphatic rings. The minimum atomic E-state index is -4.42. The summed E-state index contributed by atoms with van der Waals surface area (Å²) < 4.78 is 50.0. The highest BCUT2D eigenvalue weighted by atomic mass is 19.4. The Hall–Kier alpha value is -3.23. The number of methoxy groups -OCH3 is 2. The first-order chi connectivity index (χ1) is 13.3. The van der Waals surface area contributed by atoms with Gasteiger partial charge in [0, 0.05) is 12.4 Å². The predicted molar refractivity (Wildman–Crippen MR) is 95.3 cm³/mol. The van der Waals surface area contributed by atoms with Crippen molar-refractivity contribution in [1.82, 2.24) is 14.7 Å². The van der Waals surface area contributed by atoms with Crippen molar-refractivity contribution in [2.75, 3.05) is 14.2 Å². The van der Waals surface area contributed by atoms with Crippen molar-refractivity contribution in [3.8, 4) is 11.5 Å². The third kappa shape index (κ3) is 4.36. The second kappa shape index (κ2) is 7.79. The van der Waals surface area contributed by atoms with E-state index in [-0.39, 0.29) is 18.9 Å². The SMILES string of the molecule is COc1ccc(CC(=O)NCc2cn3cc(C(F)(F)F)ccc3n2)cc1OC. The van der Waals surface area contributed by atoms with E-state index in [0.29, 0.717) is 22.8 Å². The lowest BCUT2D eigenvalue weighted by molar-refractivity contribution is -0.137. The lowest BCUT2D eigenvalue weighted by Crippen LogP contribution is -2.24. The summed E-state index contributed by atoms with van der Waals surface area (Å²) in [5.41, 5.74) is 0.804. The minimum absolute atomic E-state index is 0.106. The van der Waals surface area contributed by atoms with E-state index in [9.17, 15) is 18.0 Å². The Balaban J connectivity index is 1.64. The number of rotatable bonds is 6. The molecule has 3 aromatic rings. The van der Waals surface area contributed by atoms with Crippen LogP contribution in [0.2, 0.25) is 0 Å². The van der Waals surface area contributed by atoms with Crippen molar-refractivity contribution >= 4 is 11.6 Å². The number of aromatic nitrogens is 2. The monoisotopic (exact) mass is 393 g/mol. The number of benzene rings is 1. The topological polar surface area (TPSA) is 64.9 Å². The van der Waals surface area contributed by atoms with E-state index in [1.54, 1.807) is 18.2 Å². The third-order valence-corrected chi connectivity index (χ3v) is 4.11. The van der Waals surface area contributed by atoms with E-state index in [0.717, 1.165) is 17.8 Å². The highest BCUT2D eigenvalue weighted by Gasteiger charge is 2.30. The predicted octanol–water partition coefficient (Wildman–Crippen LogP) is 3.23.